The third-order valence-electron chi connectivity index (χ3n) is 1.71. The van der Waals surface area contributed by atoms with E-state index in [1.54, 1.807) is 6.92 Å². The van der Waals surface area contributed by atoms with E-state index in [1.165, 1.54) is 0 Å². The SMILES string of the molecule is C=C(C(N)=O)C(CC)CS(=O)(=O)O. The summed E-state index contributed by atoms with van der Waals surface area (Å²) in [5.41, 5.74) is 4.94. The van der Waals surface area contributed by atoms with Crippen molar-refractivity contribution in [3.63, 3.8) is 0 Å². The van der Waals surface area contributed by atoms with Crippen LogP contribution in [0, 0.1) is 5.92 Å². The first-order chi connectivity index (χ1) is 5.78. The number of carbonyl (C=O) groups excluding carboxylic acids is 1. The largest absolute Gasteiger partial charge is 0.366 e. The highest BCUT2D eigenvalue weighted by molar-refractivity contribution is 7.85. The minimum atomic E-state index is -4.08. The Kier molecular flexibility index (Phi) is 4.09. The summed E-state index contributed by atoms with van der Waals surface area (Å²) >= 11 is 0. The molecule has 0 aromatic carbocycles. The third kappa shape index (κ3) is 4.64. The van der Waals surface area contributed by atoms with Gasteiger partial charge in [0.05, 0.1) is 5.75 Å². The molecule has 0 aliphatic rings. The highest BCUT2D eigenvalue weighted by atomic mass is 32.2. The van der Waals surface area contributed by atoms with Gasteiger partial charge in [0.2, 0.25) is 5.91 Å². The maximum absolute atomic E-state index is 10.6. The maximum atomic E-state index is 10.6. The Labute approximate surface area is 77.4 Å². The molecule has 0 heterocycles. The number of primary amides is 1. The van der Waals surface area contributed by atoms with Crippen LogP contribution in [0.1, 0.15) is 13.3 Å². The molecule has 0 spiro atoms. The Morgan fingerprint density at radius 3 is 2.31 bits per heavy atom. The zero-order chi connectivity index (χ0) is 10.6. The third-order valence-corrected chi connectivity index (χ3v) is 2.54. The molecule has 3 N–H and O–H groups in total. The van der Waals surface area contributed by atoms with E-state index in [4.69, 9.17) is 10.3 Å². The monoisotopic (exact) mass is 207 g/mol. The average molecular weight is 207 g/mol. The molecule has 0 aromatic heterocycles. The summed E-state index contributed by atoms with van der Waals surface area (Å²) in [6.45, 7) is 5.04. The predicted octanol–water partition coefficient (Wildman–Crippen LogP) is -0.0581. The molecule has 1 atom stereocenters. The van der Waals surface area contributed by atoms with E-state index < -0.39 is 27.7 Å². The molecular weight excluding hydrogens is 194 g/mol. The predicted molar refractivity (Wildman–Crippen MR) is 48.5 cm³/mol. The van der Waals surface area contributed by atoms with E-state index >= 15 is 0 Å². The van der Waals surface area contributed by atoms with Gasteiger partial charge in [-0.3, -0.25) is 9.35 Å². The van der Waals surface area contributed by atoms with Crippen LogP contribution in [0.25, 0.3) is 0 Å². The van der Waals surface area contributed by atoms with Gasteiger partial charge in [-0.2, -0.15) is 8.42 Å². The average Bonchev–Trinajstić information content (AvgIpc) is 1.97. The van der Waals surface area contributed by atoms with Gasteiger partial charge in [-0.05, 0) is 6.42 Å². The van der Waals surface area contributed by atoms with Crippen LogP contribution in [0.5, 0.6) is 0 Å². The Morgan fingerprint density at radius 1 is 1.62 bits per heavy atom. The van der Waals surface area contributed by atoms with Gasteiger partial charge in [0.15, 0.2) is 0 Å². The molecule has 1 amide bonds. The highest BCUT2D eigenvalue weighted by Crippen LogP contribution is 2.14. The molecule has 1 unspecified atom stereocenters. The van der Waals surface area contributed by atoms with Gasteiger partial charge < -0.3 is 5.73 Å². The fourth-order valence-corrected chi connectivity index (χ4v) is 1.87. The van der Waals surface area contributed by atoms with Crippen molar-refractivity contribution in [2.45, 2.75) is 13.3 Å². The first-order valence-corrected chi connectivity index (χ1v) is 5.32. The zero-order valence-electron chi connectivity index (χ0n) is 7.36. The van der Waals surface area contributed by atoms with Crippen LogP contribution in [0.2, 0.25) is 0 Å². The van der Waals surface area contributed by atoms with Crippen molar-refractivity contribution >= 4 is 16.0 Å². The number of rotatable bonds is 5. The van der Waals surface area contributed by atoms with E-state index in [0.717, 1.165) is 0 Å². The molecule has 0 aliphatic heterocycles. The van der Waals surface area contributed by atoms with Gasteiger partial charge in [-0.25, -0.2) is 0 Å². The van der Waals surface area contributed by atoms with Gasteiger partial charge in [0, 0.05) is 11.5 Å². The number of hydrogen-bond donors (Lipinski definition) is 2. The van der Waals surface area contributed by atoms with Gasteiger partial charge in [-0.15, -0.1) is 0 Å². The van der Waals surface area contributed by atoms with Gasteiger partial charge >= 0.3 is 0 Å². The molecule has 0 saturated heterocycles. The molecular formula is C7H13NO4S. The summed E-state index contributed by atoms with van der Waals surface area (Å²) in [5, 5.41) is 0. The smallest absolute Gasteiger partial charge is 0.265 e. The van der Waals surface area contributed by atoms with Crippen molar-refractivity contribution in [2.75, 3.05) is 5.75 Å². The van der Waals surface area contributed by atoms with E-state index in [9.17, 15) is 13.2 Å². The Morgan fingerprint density at radius 2 is 2.08 bits per heavy atom. The second-order valence-electron chi connectivity index (χ2n) is 2.74. The lowest BCUT2D eigenvalue weighted by Crippen LogP contribution is -2.24. The topological polar surface area (TPSA) is 97.5 Å². The van der Waals surface area contributed by atoms with Crippen LogP contribution >= 0.6 is 0 Å². The lowest BCUT2D eigenvalue weighted by Gasteiger charge is -2.12. The van der Waals surface area contributed by atoms with Crippen LogP contribution in [-0.2, 0) is 14.9 Å². The summed E-state index contributed by atoms with van der Waals surface area (Å²) < 4.78 is 29.5. The molecule has 76 valence electrons. The summed E-state index contributed by atoms with van der Waals surface area (Å²) in [6, 6.07) is 0. The van der Waals surface area contributed by atoms with Crippen molar-refractivity contribution in [3.05, 3.63) is 12.2 Å². The fourth-order valence-electron chi connectivity index (χ4n) is 0.920. The molecule has 0 aliphatic carbocycles. The van der Waals surface area contributed by atoms with Crippen LogP contribution < -0.4 is 5.73 Å². The van der Waals surface area contributed by atoms with E-state index in [1.807, 2.05) is 0 Å². The lowest BCUT2D eigenvalue weighted by molar-refractivity contribution is -0.115. The number of amides is 1. The van der Waals surface area contributed by atoms with Crippen molar-refractivity contribution in [2.24, 2.45) is 11.7 Å². The summed E-state index contributed by atoms with van der Waals surface area (Å²) in [6.07, 6.45) is 0.390. The normalized spacial score (nSPS) is 13.7. The quantitative estimate of drug-likeness (QED) is 0.487. The molecule has 0 aromatic rings. The van der Waals surface area contributed by atoms with Crippen LogP contribution in [0.4, 0.5) is 0 Å². The van der Waals surface area contributed by atoms with Crippen LogP contribution in [-0.4, -0.2) is 24.6 Å². The molecule has 5 nitrogen and oxygen atoms in total. The number of nitrogens with two attached hydrogens (primary N) is 1. The molecule has 13 heavy (non-hydrogen) atoms. The Balaban J connectivity index is 4.54. The van der Waals surface area contributed by atoms with Crippen LogP contribution in [0.3, 0.4) is 0 Å². The Hall–Kier alpha value is -0.880. The second kappa shape index (κ2) is 4.38. The van der Waals surface area contributed by atoms with Gasteiger partial charge in [0.25, 0.3) is 10.1 Å². The van der Waals surface area contributed by atoms with Gasteiger partial charge in [-0.1, -0.05) is 13.5 Å². The minimum Gasteiger partial charge on any atom is -0.366 e. The first-order valence-electron chi connectivity index (χ1n) is 3.71. The van der Waals surface area contributed by atoms with Crippen molar-refractivity contribution < 1.29 is 17.8 Å². The van der Waals surface area contributed by atoms with Crippen LogP contribution in [0.15, 0.2) is 12.2 Å². The molecule has 0 rings (SSSR count). The van der Waals surface area contributed by atoms with Crippen molar-refractivity contribution in [3.8, 4) is 0 Å². The number of hydrogen-bond acceptors (Lipinski definition) is 3. The molecule has 0 fully saturated rings. The van der Waals surface area contributed by atoms with Crippen molar-refractivity contribution in [1.82, 2.24) is 0 Å². The van der Waals surface area contributed by atoms with Crippen molar-refractivity contribution in [1.29, 1.82) is 0 Å². The van der Waals surface area contributed by atoms with Gasteiger partial charge in [0.1, 0.15) is 0 Å². The first kappa shape index (κ1) is 12.1. The highest BCUT2D eigenvalue weighted by Gasteiger charge is 2.20. The zero-order valence-corrected chi connectivity index (χ0v) is 8.17. The fraction of sp³-hybridized carbons (Fsp3) is 0.571. The maximum Gasteiger partial charge on any atom is 0.265 e. The van der Waals surface area contributed by atoms with E-state index in [2.05, 4.69) is 6.58 Å². The second-order valence-corrected chi connectivity index (χ2v) is 4.24. The Bertz CT molecular complexity index is 306. The standard InChI is InChI=1S/C7H13NO4S/c1-3-6(4-13(10,11)12)5(2)7(8)9/h6H,2-4H2,1H3,(H2,8,9)(H,10,11,12). The summed E-state index contributed by atoms with van der Waals surface area (Å²) in [7, 11) is -4.08. The molecule has 0 radical (unpaired) electrons. The molecule has 0 saturated carbocycles. The van der Waals surface area contributed by atoms with E-state index in [0.29, 0.717) is 6.42 Å². The van der Waals surface area contributed by atoms with E-state index in [-0.39, 0.29) is 5.57 Å². The lowest BCUT2D eigenvalue weighted by atomic mass is 10.00. The summed E-state index contributed by atoms with van der Waals surface area (Å²) in [5.74, 6) is -1.85. The molecule has 0 bridgehead atoms. The minimum absolute atomic E-state index is 0.0279. The number of carbonyl (C=O) groups is 1. The summed E-state index contributed by atoms with van der Waals surface area (Å²) in [4.78, 5) is 10.6. The molecule has 6 heteroatoms.